The van der Waals surface area contributed by atoms with Crippen molar-refractivity contribution in [3.05, 3.63) is 77.6 Å². The van der Waals surface area contributed by atoms with E-state index in [0.717, 1.165) is 35.3 Å². The summed E-state index contributed by atoms with van der Waals surface area (Å²) in [6, 6.07) is 12.3. The van der Waals surface area contributed by atoms with Crippen LogP contribution in [-0.2, 0) is 20.0 Å². The van der Waals surface area contributed by atoms with Crippen LogP contribution >= 0.6 is 0 Å². The Labute approximate surface area is 168 Å². The summed E-state index contributed by atoms with van der Waals surface area (Å²) in [6.45, 7) is 1.20. The van der Waals surface area contributed by atoms with Crippen LogP contribution in [0.2, 0.25) is 0 Å². The zero-order chi connectivity index (χ0) is 19.8. The van der Waals surface area contributed by atoms with E-state index in [1.807, 2.05) is 24.1 Å². The highest BCUT2D eigenvalue weighted by Crippen LogP contribution is 2.30. The van der Waals surface area contributed by atoms with Crippen LogP contribution in [0.5, 0.6) is 0 Å². The Morgan fingerprint density at radius 2 is 2.07 bits per heavy atom. The summed E-state index contributed by atoms with van der Waals surface area (Å²) in [5.41, 5.74) is 5.65. The maximum atomic E-state index is 13.3. The molecule has 1 aliphatic heterocycles. The molecule has 1 aliphatic rings. The van der Waals surface area contributed by atoms with Gasteiger partial charge in [0, 0.05) is 25.7 Å². The van der Waals surface area contributed by atoms with E-state index in [0.29, 0.717) is 18.7 Å². The number of imidazole rings is 1. The summed E-state index contributed by atoms with van der Waals surface area (Å²) in [6.07, 6.45) is 7.00. The molecule has 0 bridgehead atoms. The number of nitrogens with one attached hydrogen (secondary N) is 1. The largest absolute Gasteiger partial charge is 0.347 e. The smallest absolute Gasteiger partial charge is 0.255 e. The van der Waals surface area contributed by atoms with Crippen molar-refractivity contribution in [2.75, 3.05) is 6.54 Å². The van der Waals surface area contributed by atoms with Crippen LogP contribution in [0.4, 0.5) is 0 Å². The maximum Gasteiger partial charge on any atom is 0.255 e. The van der Waals surface area contributed by atoms with Crippen molar-refractivity contribution in [3.8, 4) is 0 Å². The summed E-state index contributed by atoms with van der Waals surface area (Å²) in [5.74, 6) is 0.202. The maximum absolute atomic E-state index is 13.3. The summed E-state index contributed by atoms with van der Waals surface area (Å²) in [4.78, 5) is 27.3. The van der Waals surface area contributed by atoms with Crippen molar-refractivity contribution in [2.45, 2.75) is 25.3 Å². The lowest BCUT2D eigenvalue weighted by Crippen LogP contribution is -2.38. The molecular formula is C22H22N6O. The van der Waals surface area contributed by atoms with Gasteiger partial charge in [0.2, 0.25) is 0 Å². The van der Waals surface area contributed by atoms with Gasteiger partial charge >= 0.3 is 0 Å². The van der Waals surface area contributed by atoms with Crippen molar-refractivity contribution in [1.82, 2.24) is 29.6 Å². The van der Waals surface area contributed by atoms with Crippen molar-refractivity contribution in [2.24, 2.45) is 7.05 Å². The highest BCUT2D eigenvalue weighted by Gasteiger charge is 2.30. The fourth-order valence-corrected chi connectivity index (χ4v) is 4.11. The zero-order valence-corrected chi connectivity index (χ0v) is 16.2. The summed E-state index contributed by atoms with van der Waals surface area (Å²) < 4.78 is 1.74. The van der Waals surface area contributed by atoms with Crippen molar-refractivity contribution in [1.29, 1.82) is 0 Å². The molecule has 1 N–H and O–H groups in total. The molecule has 1 atom stereocenters. The van der Waals surface area contributed by atoms with Crippen LogP contribution in [0.15, 0.2) is 55.1 Å². The quantitative estimate of drug-likeness (QED) is 0.585. The Hall–Kier alpha value is -3.48. The minimum atomic E-state index is -0.00874. The highest BCUT2D eigenvalue weighted by atomic mass is 16.2. The number of fused-ring (bicyclic) bond motifs is 2. The Morgan fingerprint density at radius 1 is 1.21 bits per heavy atom. The predicted molar refractivity (Wildman–Crippen MR) is 109 cm³/mol. The number of hydrogen-bond donors (Lipinski definition) is 1. The van der Waals surface area contributed by atoms with Crippen LogP contribution in [-0.4, -0.2) is 42.1 Å². The molecule has 0 aliphatic carbocycles. The van der Waals surface area contributed by atoms with Gasteiger partial charge in [0.25, 0.3) is 5.91 Å². The number of rotatable bonds is 4. The number of aromatic amines is 1. The molecule has 1 unspecified atom stereocenters. The number of carbonyl (C=O) groups excluding carboxylic acids is 1. The van der Waals surface area contributed by atoms with Gasteiger partial charge in [-0.1, -0.05) is 30.3 Å². The van der Waals surface area contributed by atoms with Gasteiger partial charge in [-0.25, -0.2) is 4.98 Å². The topological polar surface area (TPSA) is 79.7 Å². The highest BCUT2D eigenvalue weighted by molar-refractivity contribution is 5.96. The number of amides is 1. The second-order valence-corrected chi connectivity index (χ2v) is 7.57. The number of H-pyrrole nitrogens is 1. The number of nitrogens with zero attached hydrogens (tertiary/aromatic N) is 5. The van der Waals surface area contributed by atoms with Gasteiger partial charge in [-0.2, -0.15) is 5.10 Å². The summed E-state index contributed by atoms with van der Waals surface area (Å²) in [7, 11) is 1.86. The van der Waals surface area contributed by atoms with E-state index in [2.05, 4.69) is 44.3 Å². The molecule has 0 radical (unpaired) electrons. The molecule has 0 saturated heterocycles. The van der Waals surface area contributed by atoms with E-state index in [-0.39, 0.29) is 11.8 Å². The predicted octanol–water partition coefficient (Wildman–Crippen LogP) is 3.06. The number of carbonyl (C=O) groups is 1. The third-order valence-electron chi connectivity index (χ3n) is 5.69. The normalized spacial score (nSPS) is 16.2. The number of benzene rings is 1. The van der Waals surface area contributed by atoms with E-state index >= 15 is 0 Å². The molecule has 0 saturated carbocycles. The second-order valence-electron chi connectivity index (χ2n) is 7.57. The number of aromatic nitrogens is 5. The van der Waals surface area contributed by atoms with Gasteiger partial charge in [0.1, 0.15) is 5.52 Å². The van der Waals surface area contributed by atoms with Gasteiger partial charge in [0.05, 0.1) is 41.5 Å². The zero-order valence-electron chi connectivity index (χ0n) is 16.2. The lowest BCUT2D eigenvalue weighted by molar-refractivity contribution is 0.0711. The molecule has 3 aromatic heterocycles. The first kappa shape index (κ1) is 17.6. The molecule has 29 heavy (non-hydrogen) atoms. The number of hydrogen-bond acceptors (Lipinski definition) is 4. The molecule has 146 valence electrons. The second kappa shape index (κ2) is 7.16. The van der Waals surface area contributed by atoms with Gasteiger partial charge < -0.3 is 9.88 Å². The number of aryl methyl sites for hydroxylation is 2. The molecule has 4 heterocycles. The summed E-state index contributed by atoms with van der Waals surface area (Å²) in [5, 5.41) is 4.21. The van der Waals surface area contributed by atoms with Crippen molar-refractivity contribution in [3.63, 3.8) is 0 Å². The van der Waals surface area contributed by atoms with Crippen LogP contribution < -0.4 is 0 Å². The average molecular weight is 386 g/mol. The van der Waals surface area contributed by atoms with Gasteiger partial charge in [0.15, 0.2) is 0 Å². The lowest BCUT2D eigenvalue weighted by Gasteiger charge is -2.32. The van der Waals surface area contributed by atoms with E-state index in [1.165, 1.54) is 5.56 Å². The first-order valence-electron chi connectivity index (χ1n) is 9.82. The van der Waals surface area contributed by atoms with E-state index in [4.69, 9.17) is 0 Å². The Morgan fingerprint density at radius 3 is 2.93 bits per heavy atom. The minimum absolute atomic E-state index is 0.00874. The average Bonchev–Trinajstić information content (AvgIpc) is 3.38. The van der Waals surface area contributed by atoms with Gasteiger partial charge in [-0.05, 0) is 24.5 Å². The number of pyridine rings is 1. The van der Waals surface area contributed by atoms with Gasteiger partial charge in [-0.15, -0.1) is 0 Å². The van der Waals surface area contributed by atoms with Crippen LogP contribution in [0.1, 0.15) is 39.6 Å². The van der Waals surface area contributed by atoms with Crippen LogP contribution in [0.25, 0.3) is 11.0 Å². The Bertz CT molecular complexity index is 1160. The molecule has 0 fully saturated rings. The van der Waals surface area contributed by atoms with E-state index in [9.17, 15) is 4.79 Å². The molecule has 0 spiro atoms. The molecule has 1 amide bonds. The van der Waals surface area contributed by atoms with Crippen molar-refractivity contribution >= 4 is 16.9 Å². The molecule has 1 aromatic carbocycles. The third kappa shape index (κ3) is 3.29. The molecular weight excluding hydrogens is 364 g/mol. The fourth-order valence-electron chi connectivity index (χ4n) is 4.11. The van der Waals surface area contributed by atoms with E-state index in [1.54, 1.807) is 23.4 Å². The first-order valence-corrected chi connectivity index (χ1v) is 9.82. The fraction of sp³-hybridized carbons (Fsp3) is 0.273. The standard InChI is InChI=1S/C22H22N6O/c1-27-20-9-17(10-23-18(20)11-26-27)22(29)28-12-16(21-19(13-28)24-14-25-21)8-7-15-5-3-2-4-6-15/h2-6,9-11,14,16H,7-8,12-13H2,1H3,(H,24,25). The molecule has 4 aromatic rings. The summed E-state index contributed by atoms with van der Waals surface area (Å²) >= 11 is 0. The molecule has 5 rings (SSSR count). The van der Waals surface area contributed by atoms with Crippen LogP contribution in [0.3, 0.4) is 0 Å². The van der Waals surface area contributed by atoms with E-state index < -0.39 is 0 Å². The molecule has 7 heteroatoms. The van der Waals surface area contributed by atoms with Crippen LogP contribution in [0, 0.1) is 0 Å². The lowest BCUT2D eigenvalue weighted by atomic mass is 9.91. The Kier molecular flexibility index (Phi) is 4.35. The van der Waals surface area contributed by atoms with Crippen molar-refractivity contribution < 1.29 is 4.79 Å². The third-order valence-corrected chi connectivity index (χ3v) is 5.69. The monoisotopic (exact) mass is 386 g/mol. The SMILES string of the molecule is Cn1ncc2ncc(C(=O)N3Cc4[nH]cnc4C(CCc4ccccc4)C3)cc21. The first-order chi connectivity index (χ1) is 14.2. The Balaban J connectivity index is 1.38. The molecule has 7 nitrogen and oxygen atoms in total. The minimum Gasteiger partial charge on any atom is -0.347 e. The van der Waals surface area contributed by atoms with Gasteiger partial charge in [-0.3, -0.25) is 14.5 Å².